The van der Waals surface area contributed by atoms with Gasteiger partial charge in [-0.2, -0.15) is 0 Å². The van der Waals surface area contributed by atoms with Gasteiger partial charge in [-0.1, -0.05) is 36.4 Å². The summed E-state index contributed by atoms with van der Waals surface area (Å²) in [7, 11) is 1.98. The topological polar surface area (TPSA) is 69.6 Å². The molecule has 1 amide bonds. The van der Waals surface area contributed by atoms with E-state index in [2.05, 4.69) is 22.3 Å². The molecule has 0 fully saturated rings. The zero-order valence-corrected chi connectivity index (χ0v) is 14.2. The number of rotatable bonds is 5. The molecule has 3 rings (SSSR count). The van der Waals surface area contributed by atoms with Gasteiger partial charge in [0.1, 0.15) is 0 Å². The van der Waals surface area contributed by atoms with E-state index in [1.165, 1.54) is 11.1 Å². The zero-order chi connectivity index (χ0) is 17.8. The van der Waals surface area contributed by atoms with Crippen molar-refractivity contribution in [3.05, 3.63) is 70.8 Å². The Bertz CT molecular complexity index is 771. The minimum absolute atomic E-state index is 0.0409. The summed E-state index contributed by atoms with van der Waals surface area (Å²) in [5, 5.41) is 11.9. The molecular formula is C20H22N2O3. The molecule has 0 aromatic heterocycles. The number of benzene rings is 2. The van der Waals surface area contributed by atoms with E-state index in [4.69, 9.17) is 5.11 Å². The summed E-state index contributed by atoms with van der Waals surface area (Å²) in [6.07, 6.45) is 1.41. The van der Waals surface area contributed by atoms with Crippen LogP contribution in [0.1, 0.15) is 27.0 Å². The van der Waals surface area contributed by atoms with Crippen molar-refractivity contribution in [2.24, 2.45) is 0 Å². The highest BCUT2D eigenvalue weighted by Crippen LogP contribution is 2.21. The number of carbonyl (C=O) groups excluding carboxylic acids is 1. The van der Waals surface area contributed by atoms with E-state index in [1.54, 1.807) is 24.3 Å². The van der Waals surface area contributed by atoms with Gasteiger partial charge in [0.2, 0.25) is 5.91 Å². The summed E-state index contributed by atoms with van der Waals surface area (Å²) in [6.45, 7) is 1.32. The quantitative estimate of drug-likeness (QED) is 0.876. The maximum Gasteiger partial charge on any atom is 0.335 e. The van der Waals surface area contributed by atoms with Crippen LogP contribution in [0.5, 0.6) is 0 Å². The average Bonchev–Trinajstić information content (AvgIpc) is 2.61. The highest BCUT2D eigenvalue weighted by Gasteiger charge is 2.28. The Morgan fingerprint density at radius 1 is 1.12 bits per heavy atom. The molecule has 25 heavy (non-hydrogen) atoms. The van der Waals surface area contributed by atoms with E-state index in [0.29, 0.717) is 13.0 Å². The Hall–Kier alpha value is -2.66. The van der Waals surface area contributed by atoms with Crippen LogP contribution in [-0.4, -0.2) is 41.5 Å². The summed E-state index contributed by atoms with van der Waals surface area (Å²) in [6, 6.07) is 14.9. The first-order valence-corrected chi connectivity index (χ1v) is 8.41. The van der Waals surface area contributed by atoms with E-state index in [-0.39, 0.29) is 17.5 Å². The monoisotopic (exact) mass is 338 g/mol. The molecule has 1 atom stereocenters. The first-order valence-electron chi connectivity index (χ1n) is 8.41. The second-order valence-electron chi connectivity index (χ2n) is 6.45. The van der Waals surface area contributed by atoms with E-state index in [0.717, 1.165) is 18.5 Å². The van der Waals surface area contributed by atoms with Crippen LogP contribution in [-0.2, 0) is 24.2 Å². The lowest BCUT2D eigenvalue weighted by Crippen LogP contribution is -2.48. The molecule has 0 saturated carbocycles. The number of hydrogen-bond acceptors (Lipinski definition) is 3. The summed E-state index contributed by atoms with van der Waals surface area (Å²) in [5.41, 5.74) is 3.81. The number of carboxylic acids is 1. The van der Waals surface area contributed by atoms with E-state index in [1.807, 2.05) is 19.2 Å². The third-order valence-electron chi connectivity index (χ3n) is 4.70. The van der Waals surface area contributed by atoms with Gasteiger partial charge in [-0.05, 0) is 48.7 Å². The van der Waals surface area contributed by atoms with Crippen molar-refractivity contribution in [3.63, 3.8) is 0 Å². The molecule has 1 heterocycles. The maximum atomic E-state index is 12.5. The van der Waals surface area contributed by atoms with Crippen LogP contribution in [0.25, 0.3) is 0 Å². The minimum atomic E-state index is -0.930. The molecule has 0 aliphatic carbocycles. The Morgan fingerprint density at radius 3 is 2.48 bits per heavy atom. The van der Waals surface area contributed by atoms with Gasteiger partial charge in [-0.25, -0.2) is 4.79 Å². The average molecular weight is 338 g/mol. The van der Waals surface area contributed by atoms with Crippen LogP contribution in [0, 0.1) is 0 Å². The van der Waals surface area contributed by atoms with Crippen LogP contribution in [0.15, 0.2) is 48.5 Å². The van der Waals surface area contributed by atoms with Crippen LogP contribution < -0.4 is 5.32 Å². The summed E-state index contributed by atoms with van der Waals surface area (Å²) < 4.78 is 0. The number of fused-ring (bicyclic) bond motifs is 1. The number of likely N-dealkylation sites (N-methyl/N-ethyl adjacent to an activating group) is 1. The summed E-state index contributed by atoms with van der Waals surface area (Å²) in [4.78, 5) is 25.5. The molecule has 130 valence electrons. The SMILES string of the molecule is CN1Cc2ccccc2C[C@H]1C(=O)NCCc1ccc(C(=O)O)cc1. The molecule has 1 aliphatic heterocycles. The Balaban J connectivity index is 1.53. The van der Waals surface area contributed by atoms with Gasteiger partial charge in [0.25, 0.3) is 0 Å². The predicted octanol–water partition coefficient (Wildman–Crippen LogP) is 2.10. The van der Waals surface area contributed by atoms with Gasteiger partial charge in [0.05, 0.1) is 11.6 Å². The lowest BCUT2D eigenvalue weighted by Gasteiger charge is -2.33. The van der Waals surface area contributed by atoms with Crippen molar-refractivity contribution in [2.45, 2.75) is 25.4 Å². The Labute approximate surface area is 147 Å². The van der Waals surface area contributed by atoms with Gasteiger partial charge < -0.3 is 10.4 Å². The highest BCUT2D eigenvalue weighted by atomic mass is 16.4. The third kappa shape index (κ3) is 4.06. The zero-order valence-electron chi connectivity index (χ0n) is 14.2. The lowest BCUT2D eigenvalue weighted by molar-refractivity contribution is -0.126. The molecule has 0 saturated heterocycles. The molecule has 0 bridgehead atoms. The standard InChI is InChI=1S/C20H22N2O3/c1-22-13-17-5-3-2-4-16(17)12-18(22)19(23)21-11-10-14-6-8-15(9-7-14)20(24)25/h2-9,18H,10-13H2,1H3,(H,21,23)(H,24,25)/t18-/m0/s1. The van der Waals surface area contributed by atoms with E-state index in [9.17, 15) is 9.59 Å². The van der Waals surface area contributed by atoms with Crippen LogP contribution in [0.3, 0.4) is 0 Å². The fraction of sp³-hybridized carbons (Fsp3) is 0.300. The number of hydrogen-bond donors (Lipinski definition) is 2. The summed E-state index contributed by atoms with van der Waals surface area (Å²) >= 11 is 0. The second kappa shape index (κ2) is 7.49. The van der Waals surface area contributed by atoms with Gasteiger partial charge in [0, 0.05) is 13.1 Å². The van der Waals surface area contributed by atoms with Crippen LogP contribution in [0.4, 0.5) is 0 Å². The molecule has 1 aliphatic rings. The summed E-state index contributed by atoms with van der Waals surface area (Å²) in [5.74, 6) is -0.889. The number of nitrogens with one attached hydrogen (secondary N) is 1. The Kier molecular flexibility index (Phi) is 5.14. The van der Waals surface area contributed by atoms with E-state index < -0.39 is 5.97 Å². The lowest BCUT2D eigenvalue weighted by atomic mass is 9.94. The fourth-order valence-corrected chi connectivity index (χ4v) is 3.21. The van der Waals surface area contributed by atoms with Gasteiger partial charge in [-0.3, -0.25) is 9.69 Å². The van der Waals surface area contributed by atoms with Crippen molar-refractivity contribution < 1.29 is 14.7 Å². The number of carbonyl (C=O) groups is 2. The van der Waals surface area contributed by atoms with Crippen molar-refractivity contribution in [1.29, 1.82) is 0 Å². The molecule has 0 unspecified atom stereocenters. The van der Waals surface area contributed by atoms with Crippen molar-refractivity contribution in [1.82, 2.24) is 10.2 Å². The molecule has 2 aromatic rings. The molecule has 5 nitrogen and oxygen atoms in total. The van der Waals surface area contributed by atoms with Gasteiger partial charge >= 0.3 is 5.97 Å². The highest BCUT2D eigenvalue weighted by molar-refractivity contribution is 5.87. The molecule has 0 spiro atoms. The van der Waals surface area contributed by atoms with E-state index >= 15 is 0 Å². The molecular weight excluding hydrogens is 316 g/mol. The number of aromatic carboxylic acids is 1. The third-order valence-corrected chi connectivity index (χ3v) is 4.70. The molecule has 5 heteroatoms. The van der Waals surface area contributed by atoms with Crippen molar-refractivity contribution in [3.8, 4) is 0 Å². The van der Waals surface area contributed by atoms with Crippen molar-refractivity contribution in [2.75, 3.05) is 13.6 Å². The van der Waals surface area contributed by atoms with Crippen molar-refractivity contribution >= 4 is 11.9 Å². The normalized spacial score (nSPS) is 16.9. The minimum Gasteiger partial charge on any atom is -0.478 e. The van der Waals surface area contributed by atoms with Crippen LogP contribution in [0.2, 0.25) is 0 Å². The molecule has 2 N–H and O–H groups in total. The smallest absolute Gasteiger partial charge is 0.335 e. The van der Waals surface area contributed by atoms with Gasteiger partial charge in [-0.15, -0.1) is 0 Å². The number of amides is 1. The number of nitrogens with zero attached hydrogens (tertiary/aromatic N) is 1. The van der Waals surface area contributed by atoms with Crippen LogP contribution >= 0.6 is 0 Å². The largest absolute Gasteiger partial charge is 0.478 e. The predicted molar refractivity (Wildman–Crippen MR) is 95.5 cm³/mol. The van der Waals surface area contributed by atoms with Gasteiger partial charge in [0.15, 0.2) is 0 Å². The Morgan fingerprint density at radius 2 is 1.80 bits per heavy atom. The number of carboxylic acid groups (broad SMARTS) is 1. The molecule has 0 radical (unpaired) electrons. The maximum absolute atomic E-state index is 12.5. The molecule has 2 aromatic carbocycles. The first-order chi connectivity index (χ1) is 12.0. The second-order valence-corrected chi connectivity index (χ2v) is 6.45. The first kappa shape index (κ1) is 17.2. The fourth-order valence-electron chi connectivity index (χ4n) is 3.21.